The lowest BCUT2D eigenvalue weighted by molar-refractivity contribution is 0.423. The first-order valence-corrected chi connectivity index (χ1v) is 3.43. The van der Waals surface area contributed by atoms with E-state index in [9.17, 15) is 0 Å². The van der Waals surface area contributed by atoms with Crippen LogP contribution in [0.5, 0.6) is 11.8 Å². The molecule has 6 nitrogen and oxygen atoms in total. The Kier molecular flexibility index (Phi) is 2.65. The Balaban J connectivity index is 2.72. The molecular weight excluding hydrogens is 160 g/mol. The van der Waals surface area contributed by atoms with Crippen LogP contribution in [0, 0.1) is 0 Å². The number of hydrogen-bond donors (Lipinski definition) is 4. The summed E-state index contributed by atoms with van der Waals surface area (Å²) in [6, 6.07) is 1.05. The van der Waals surface area contributed by atoms with Gasteiger partial charge in [-0.25, -0.2) is 0 Å². The standard InChI is InChI=1S/C6H10N4O2/c7-1-2-8-6-9-4(11)3-5(12)10-6/h3H,1-2,7H2,(H3,8,9,10,11,12). The molecule has 0 fully saturated rings. The van der Waals surface area contributed by atoms with Crippen molar-refractivity contribution < 1.29 is 10.2 Å². The van der Waals surface area contributed by atoms with Crippen molar-refractivity contribution in [3.05, 3.63) is 6.07 Å². The van der Waals surface area contributed by atoms with Gasteiger partial charge in [-0.1, -0.05) is 0 Å². The molecule has 0 atom stereocenters. The molecule has 0 bridgehead atoms. The van der Waals surface area contributed by atoms with E-state index in [1.165, 1.54) is 0 Å². The predicted molar refractivity (Wildman–Crippen MR) is 42.9 cm³/mol. The molecule has 1 aromatic rings. The minimum atomic E-state index is -0.276. The summed E-state index contributed by atoms with van der Waals surface area (Å²) < 4.78 is 0. The number of aromatic hydroxyl groups is 2. The van der Waals surface area contributed by atoms with Gasteiger partial charge in [-0.15, -0.1) is 0 Å². The summed E-state index contributed by atoms with van der Waals surface area (Å²) in [5.41, 5.74) is 5.21. The Hall–Kier alpha value is -1.56. The van der Waals surface area contributed by atoms with Gasteiger partial charge in [-0.2, -0.15) is 9.97 Å². The second kappa shape index (κ2) is 3.72. The maximum atomic E-state index is 8.91. The van der Waals surface area contributed by atoms with Crippen LogP contribution < -0.4 is 11.1 Å². The monoisotopic (exact) mass is 170 g/mol. The fourth-order valence-corrected chi connectivity index (χ4v) is 0.685. The van der Waals surface area contributed by atoms with Crippen molar-refractivity contribution in [3.63, 3.8) is 0 Å². The Morgan fingerprint density at radius 3 is 2.42 bits per heavy atom. The SMILES string of the molecule is NCCNc1nc(O)cc(O)n1. The van der Waals surface area contributed by atoms with Crippen LogP contribution in [0.3, 0.4) is 0 Å². The third-order valence-corrected chi connectivity index (χ3v) is 1.13. The van der Waals surface area contributed by atoms with Gasteiger partial charge in [0.05, 0.1) is 6.07 Å². The number of anilines is 1. The van der Waals surface area contributed by atoms with Gasteiger partial charge in [0.2, 0.25) is 17.7 Å². The number of aromatic nitrogens is 2. The first-order chi connectivity index (χ1) is 5.72. The van der Waals surface area contributed by atoms with Crippen LogP contribution in [-0.4, -0.2) is 33.3 Å². The molecule has 0 spiro atoms. The predicted octanol–water partition coefficient (Wildman–Crippen LogP) is -0.742. The van der Waals surface area contributed by atoms with Gasteiger partial charge < -0.3 is 21.3 Å². The third kappa shape index (κ3) is 2.24. The normalized spacial score (nSPS) is 9.75. The minimum absolute atomic E-state index is 0.165. The van der Waals surface area contributed by atoms with Crippen LogP contribution in [0.2, 0.25) is 0 Å². The van der Waals surface area contributed by atoms with Crippen LogP contribution in [0.15, 0.2) is 6.07 Å². The molecule has 1 aromatic heterocycles. The molecule has 0 radical (unpaired) electrons. The minimum Gasteiger partial charge on any atom is -0.493 e. The third-order valence-electron chi connectivity index (χ3n) is 1.13. The molecule has 0 aliphatic rings. The Labute approximate surface area is 69.1 Å². The smallest absolute Gasteiger partial charge is 0.229 e. The molecule has 0 amide bonds. The van der Waals surface area contributed by atoms with Gasteiger partial charge in [0, 0.05) is 13.1 Å². The molecule has 66 valence electrons. The van der Waals surface area contributed by atoms with Crippen LogP contribution in [0.4, 0.5) is 5.95 Å². The molecule has 1 heterocycles. The van der Waals surface area contributed by atoms with Crippen molar-refractivity contribution >= 4 is 5.95 Å². The van der Waals surface area contributed by atoms with Crippen LogP contribution in [-0.2, 0) is 0 Å². The lowest BCUT2D eigenvalue weighted by Gasteiger charge is -2.02. The molecule has 0 saturated carbocycles. The van der Waals surface area contributed by atoms with Crippen LogP contribution >= 0.6 is 0 Å². The van der Waals surface area contributed by atoms with Gasteiger partial charge in [-0.3, -0.25) is 0 Å². The Bertz CT molecular complexity index is 245. The second-order valence-corrected chi connectivity index (χ2v) is 2.12. The zero-order valence-corrected chi connectivity index (χ0v) is 6.36. The second-order valence-electron chi connectivity index (χ2n) is 2.12. The van der Waals surface area contributed by atoms with Crippen molar-refractivity contribution in [1.29, 1.82) is 0 Å². The first kappa shape index (κ1) is 8.54. The van der Waals surface area contributed by atoms with Crippen molar-refractivity contribution in [3.8, 4) is 11.8 Å². The summed E-state index contributed by atoms with van der Waals surface area (Å²) in [4.78, 5) is 7.18. The van der Waals surface area contributed by atoms with Gasteiger partial charge in [0.25, 0.3) is 0 Å². The van der Waals surface area contributed by atoms with E-state index in [1.807, 2.05) is 0 Å². The number of nitrogens with zero attached hydrogens (tertiary/aromatic N) is 2. The molecule has 0 saturated heterocycles. The quantitative estimate of drug-likeness (QED) is 0.476. The summed E-state index contributed by atoms with van der Waals surface area (Å²) >= 11 is 0. The first-order valence-electron chi connectivity index (χ1n) is 3.43. The van der Waals surface area contributed by atoms with Gasteiger partial charge in [0.1, 0.15) is 0 Å². The average molecular weight is 170 g/mol. The molecule has 6 heteroatoms. The summed E-state index contributed by atoms with van der Waals surface area (Å²) in [6.07, 6.45) is 0. The Morgan fingerprint density at radius 1 is 1.33 bits per heavy atom. The van der Waals surface area contributed by atoms with Crippen molar-refractivity contribution in [2.75, 3.05) is 18.4 Å². The van der Waals surface area contributed by atoms with E-state index in [4.69, 9.17) is 15.9 Å². The zero-order valence-electron chi connectivity index (χ0n) is 6.36. The molecule has 5 N–H and O–H groups in total. The van der Waals surface area contributed by atoms with E-state index in [0.29, 0.717) is 13.1 Å². The van der Waals surface area contributed by atoms with Gasteiger partial charge >= 0.3 is 0 Å². The van der Waals surface area contributed by atoms with Gasteiger partial charge in [-0.05, 0) is 0 Å². The van der Waals surface area contributed by atoms with E-state index >= 15 is 0 Å². The molecule has 0 unspecified atom stereocenters. The zero-order chi connectivity index (χ0) is 8.97. The number of rotatable bonds is 3. The number of nitrogens with one attached hydrogen (secondary N) is 1. The summed E-state index contributed by atoms with van der Waals surface area (Å²) in [7, 11) is 0. The topological polar surface area (TPSA) is 104 Å². The molecule has 0 aliphatic heterocycles. The highest BCUT2D eigenvalue weighted by atomic mass is 16.3. The summed E-state index contributed by atoms with van der Waals surface area (Å²) in [5.74, 6) is -0.387. The highest BCUT2D eigenvalue weighted by molar-refractivity contribution is 5.32. The fourth-order valence-electron chi connectivity index (χ4n) is 0.685. The summed E-state index contributed by atoms with van der Waals surface area (Å²) in [6.45, 7) is 0.919. The van der Waals surface area contributed by atoms with E-state index in [2.05, 4.69) is 15.3 Å². The number of nitrogens with two attached hydrogens (primary N) is 1. The molecular formula is C6H10N4O2. The van der Waals surface area contributed by atoms with E-state index < -0.39 is 0 Å². The fraction of sp³-hybridized carbons (Fsp3) is 0.333. The average Bonchev–Trinajstić information content (AvgIpc) is 1.99. The highest BCUT2D eigenvalue weighted by Crippen LogP contribution is 2.14. The van der Waals surface area contributed by atoms with Crippen molar-refractivity contribution in [2.24, 2.45) is 5.73 Å². The maximum absolute atomic E-state index is 8.91. The van der Waals surface area contributed by atoms with E-state index in [-0.39, 0.29) is 17.7 Å². The highest BCUT2D eigenvalue weighted by Gasteiger charge is 2.00. The molecule has 1 rings (SSSR count). The lowest BCUT2D eigenvalue weighted by atomic mass is 10.6. The molecule has 0 aliphatic carbocycles. The van der Waals surface area contributed by atoms with Crippen molar-refractivity contribution in [1.82, 2.24) is 9.97 Å². The summed E-state index contributed by atoms with van der Waals surface area (Å²) in [5, 5.41) is 20.5. The maximum Gasteiger partial charge on any atom is 0.229 e. The Morgan fingerprint density at radius 2 is 1.92 bits per heavy atom. The largest absolute Gasteiger partial charge is 0.493 e. The van der Waals surface area contributed by atoms with Gasteiger partial charge in [0.15, 0.2) is 0 Å². The van der Waals surface area contributed by atoms with Crippen LogP contribution in [0.1, 0.15) is 0 Å². The van der Waals surface area contributed by atoms with E-state index in [0.717, 1.165) is 6.07 Å². The molecule has 12 heavy (non-hydrogen) atoms. The number of hydrogen-bond acceptors (Lipinski definition) is 6. The lowest BCUT2D eigenvalue weighted by Crippen LogP contribution is -2.14. The molecule has 0 aromatic carbocycles. The van der Waals surface area contributed by atoms with Crippen molar-refractivity contribution in [2.45, 2.75) is 0 Å². The van der Waals surface area contributed by atoms with E-state index in [1.54, 1.807) is 0 Å². The van der Waals surface area contributed by atoms with Crippen LogP contribution in [0.25, 0.3) is 0 Å².